The maximum absolute atomic E-state index is 14.7. The minimum Gasteiger partial charge on any atom is -0.352 e. The Bertz CT molecular complexity index is 1210. The van der Waals surface area contributed by atoms with Crippen molar-refractivity contribution in [1.82, 2.24) is 0 Å². The van der Waals surface area contributed by atoms with Crippen LogP contribution in [-0.2, 0) is 0 Å². The summed E-state index contributed by atoms with van der Waals surface area (Å²) in [4.78, 5) is 25.5. The fourth-order valence-electron chi connectivity index (χ4n) is 3.11. The van der Waals surface area contributed by atoms with E-state index < -0.39 is 57.4 Å². The number of carbonyl (C=O) groups is 2. The molecule has 1 aliphatic carbocycles. The number of nitrogens with one attached hydrogen (secondary N) is 2. The maximum atomic E-state index is 14.7. The second kappa shape index (κ2) is 7.47. The smallest absolute Gasteiger partial charge is 0.227 e. The van der Waals surface area contributed by atoms with Crippen molar-refractivity contribution >= 4 is 28.6 Å². The molecule has 0 unspecified atom stereocenters. The number of fused-ring (bicyclic) bond motifs is 1. The van der Waals surface area contributed by atoms with E-state index in [0.717, 1.165) is 0 Å². The van der Waals surface area contributed by atoms with Gasteiger partial charge in [0, 0.05) is 11.4 Å². The van der Waals surface area contributed by atoms with Gasteiger partial charge in [-0.1, -0.05) is 36.4 Å². The van der Waals surface area contributed by atoms with Crippen molar-refractivity contribution in [3.8, 4) is 0 Å². The zero-order chi connectivity index (χ0) is 21.4. The summed E-state index contributed by atoms with van der Waals surface area (Å²) >= 11 is 0. The Balaban J connectivity index is 1.90. The molecule has 3 aromatic carbocycles. The van der Waals surface area contributed by atoms with Crippen LogP contribution >= 0.6 is 0 Å². The summed E-state index contributed by atoms with van der Waals surface area (Å²) in [6, 6.07) is 15.7. The van der Waals surface area contributed by atoms with Crippen LogP contribution in [-0.4, -0.2) is 11.6 Å². The molecule has 0 heterocycles. The molecule has 0 aromatic heterocycles. The third-order valence-electron chi connectivity index (χ3n) is 4.51. The van der Waals surface area contributed by atoms with E-state index >= 15 is 0 Å². The number of hydrogen-bond donors (Lipinski definition) is 2. The topological polar surface area (TPSA) is 58.2 Å². The molecule has 30 heavy (non-hydrogen) atoms. The highest BCUT2D eigenvalue weighted by atomic mass is 19.2. The largest absolute Gasteiger partial charge is 0.352 e. The first-order valence-electron chi connectivity index (χ1n) is 8.74. The van der Waals surface area contributed by atoms with Gasteiger partial charge in [0.05, 0.1) is 16.8 Å². The van der Waals surface area contributed by atoms with Crippen LogP contribution in [0.5, 0.6) is 0 Å². The van der Waals surface area contributed by atoms with Crippen LogP contribution in [0, 0.1) is 17.5 Å². The Morgan fingerprint density at radius 2 is 1.10 bits per heavy atom. The lowest BCUT2D eigenvalue weighted by Gasteiger charge is -2.22. The molecular formula is C22H12F4N2O2. The van der Waals surface area contributed by atoms with Gasteiger partial charge in [0.15, 0.2) is 23.3 Å². The van der Waals surface area contributed by atoms with E-state index in [-0.39, 0.29) is 11.4 Å². The van der Waals surface area contributed by atoms with Crippen molar-refractivity contribution in [3.05, 3.63) is 101 Å². The molecular weight excluding hydrogens is 400 g/mol. The van der Waals surface area contributed by atoms with E-state index in [1.807, 2.05) is 0 Å². The average Bonchev–Trinajstić information content (AvgIpc) is 2.77. The van der Waals surface area contributed by atoms with Crippen molar-refractivity contribution < 1.29 is 27.2 Å². The van der Waals surface area contributed by atoms with E-state index in [0.29, 0.717) is 0 Å². The molecule has 4 nitrogen and oxygen atoms in total. The molecule has 0 atom stereocenters. The molecule has 0 saturated heterocycles. The number of halogens is 4. The highest BCUT2D eigenvalue weighted by molar-refractivity contribution is 6.29. The highest BCUT2D eigenvalue weighted by Crippen LogP contribution is 2.38. The molecule has 0 bridgehead atoms. The molecule has 1 aliphatic rings. The molecule has 0 aliphatic heterocycles. The molecule has 2 N–H and O–H groups in total. The maximum Gasteiger partial charge on any atom is 0.227 e. The molecule has 8 heteroatoms. The van der Waals surface area contributed by atoms with Crippen molar-refractivity contribution in [2.24, 2.45) is 0 Å². The van der Waals surface area contributed by atoms with E-state index in [9.17, 15) is 27.2 Å². The number of ketones is 2. The number of hydrogen-bond acceptors (Lipinski definition) is 4. The van der Waals surface area contributed by atoms with Gasteiger partial charge < -0.3 is 10.6 Å². The highest BCUT2D eigenvalue weighted by Gasteiger charge is 2.41. The van der Waals surface area contributed by atoms with Crippen LogP contribution in [0.1, 0.15) is 20.7 Å². The number of Topliss-reactive ketones (excluding diaryl/α,β-unsaturated/α-hetero) is 2. The quantitative estimate of drug-likeness (QED) is 0.438. The lowest BCUT2D eigenvalue weighted by Crippen LogP contribution is -2.28. The number of anilines is 3. The molecule has 0 fully saturated rings. The summed E-state index contributed by atoms with van der Waals surface area (Å²) < 4.78 is 57.8. The summed E-state index contributed by atoms with van der Waals surface area (Å²) in [5.41, 5.74) is -2.98. The lowest BCUT2D eigenvalue weighted by molar-refractivity contribution is 0.0949. The summed E-state index contributed by atoms with van der Waals surface area (Å²) in [5.74, 6) is -9.95. The van der Waals surface area contributed by atoms with E-state index in [4.69, 9.17) is 0 Å². The summed E-state index contributed by atoms with van der Waals surface area (Å²) in [7, 11) is 0. The van der Waals surface area contributed by atoms with Gasteiger partial charge in [-0.25, -0.2) is 17.6 Å². The first-order valence-corrected chi connectivity index (χ1v) is 8.74. The molecule has 150 valence electrons. The predicted molar refractivity (Wildman–Crippen MR) is 103 cm³/mol. The van der Waals surface area contributed by atoms with Crippen LogP contribution in [0.25, 0.3) is 0 Å². The van der Waals surface area contributed by atoms with Gasteiger partial charge in [-0.2, -0.15) is 0 Å². The first-order chi connectivity index (χ1) is 14.4. The molecule has 0 spiro atoms. The molecule has 0 radical (unpaired) electrons. The summed E-state index contributed by atoms with van der Waals surface area (Å²) in [6.07, 6.45) is 0. The number of rotatable bonds is 4. The number of carbonyl (C=O) groups excluding carboxylic acids is 2. The van der Waals surface area contributed by atoms with Gasteiger partial charge in [0.2, 0.25) is 11.6 Å². The number of allylic oxidation sites excluding steroid dienone is 2. The third-order valence-corrected chi connectivity index (χ3v) is 4.51. The van der Waals surface area contributed by atoms with E-state index in [2.05, 4.69) is 10.6 Å². The molecule has 4 rings (SSSR count). The van der Waals surface area contributed by atoms with Crippen LogP contribution in [0.3, 0.4) is 0 Å². The minimum atomic E-state index is -1.99. The van der Waals surface area contributed by atoms with Gasteiger partial charge in [-0.15, -0.1) is 0 Å². The average molecular weight is 412 g/mol. The normalized spacial score (nSPS) is 13.3. The van der Waals surface area contributed by atoms with Gasteiger partial charge in [-0.3, -0.25) is 9.59 Å². The van der Waals surface area contributed by atoms with Crippen molar-refractivity contribution in [2.75, 3.05) is 10.6 Å². The zero-order valence-corrected chi connectivity index (χ0v) is 15.1. The number of benzene rings is 3. The first kappa shape index (κ1) is 19.4. The van der Waals surface area contributed by atoms with Crippen molar-refractivity contribution in [2.45, 2.75) is 0 Å². The lowest BCUT2D eigenvalue weighted by atomic mass is 9.89. The van der Waals surface area contributed by atoms with E-state index in [1.165, 1.54) is 24.3 Å². The third kappa shape index (κ3) is 3.12. The second-order valence-electron chi connectivity index (χ2n) is 6.40. The Morgan fingerprint density at radius 3 is 1.67 bits per heavy atom. The minimum absolute atomic E-state index is 0.248. The van der Waals surface area contributed by atoms with Crippen molar-refractivity contribution in [3.63, 3.8) is 0 Å². The fraction of sp³-hybridized carbons (Fsp3) is 0. The predicted octanol–water partition coefficient (Wildman–Crippen LogP) is 5.52. The fourth-order valence-corrected chi connectivity index (χ4v) is 3.11. The Morgan fingerprint density at radius 1 is 0.567 bits per heavy atom. The van der Waals surface area contributed by atoms with Crippen LogP contribution in [0.2, 0.25) is 0 Å². The van der Waals surface area contributed by atoms with Gasteiger partial charge in [-0.05, 0) is 24.3 Å². The van der Waals surface area contributed by atoms with Crippen molar-refractivity contribution in [1.29, 1.82) is 0 Å². The Labute approximate surface area is 167 Å². The van der Waals surface area contributed by atoms with E-state index in [1.54, 1.807) is 36.4 Å². The van der Waals surface area contributed by atoms with Crippen LogP contribution < -0.4 is 10.6 Å². The summed E-state index contributed by atoms with van der Waals surface area (Å²) in [5, 5.41) is 4.96. The Hall–Kier alpha value is -3.94. The Kier molecular flexibility index (Phi) is 4.83. The molecule has 0 amide bonds. The standard InChI is InChI=1S/C22H12F4N2O2/c23-15-13-14(19(17(25)16(15)24)27-11-7-3-1-4-8-11)22(30)20(18(26)21(13)29)28-12-9-5-2-6-10-12/h1-10,27-28H. The monoisotopic (exact) mass is 412 g/mol. The SMILES string of the molecule is O=C1C(F)=C(Nc2ccccc2)C(=O)c2c(Nc3ccccc3)c(F)c(F)c(F)c21. The van der Waals surface area contributed by atoms with Crippen LogP contribution in [0.4, 0.5) is 34.6 Å². The van der Waals surface area contributed by atoms with Gasteiger partial charge >= 0.3 is 0 Å². The van der Waals surface area contributed by atoms with Crippen LogP contribution in [0.15, 0.2) is 72.2 Å². The zero-order valence-electron chi connectivity index (χ0n) is 15.1. The summed E-state index contributed by atoms with van der Waals surface area (Å²) in [6.45, 7) is 0. The number of para-hydroxylation sites is 2. The second-order valence-corrected chi connectivity index (χ2v) is 6.40. The molecule has 0 saturated carbocycles. The van der Waals surface area contributed by atoms with Gasteiger partial charge in [0.1, 0.15) is 5.70 Å². The van der Waals surface area contributed by atoms with Gasteiger partial charge in [0.25, 0.3) is 0 Å². The molecule has 3 aromatic rings.